The van der Waals surface area contributed by atoms with Crippen molar-refractivity contribution in [3.8, 4) is 0 Å². The van der Waals surface area contributed by atoms with Crippen molar-refractivity contribution in [1.29, 1.82) is 0 Å². The third-order valence-corrected chi connectivity index (χ3v) is 4.81. The van der Waals surface area contributed by atoms with Crippen molar-refractivity contribution < 1.29 is 18.8 Å². The number of hydrogen-bond donors (Lipinski definition) is 1. The number of Topliss-reactive ketones (excluding diaryl/α,β-unsaturated/α-hetero) is 1. The Balaban J connectivity index is 1.59. The number of halogens is 1. The van der Waals surface area contributed by atoms with Crippen molar-refractivity contribution in [2.24, 2.45) is 5.92 Å². The number of anilines is 1. The second-order valence-electron chi connectivity index (χ2n) is 6.66. The van der Waals surface area contributed by atoms with Crippen LogP contribution in [0.5, 0.6) is 0 Å². The zero-order valence-electron chi connectivity index (χ0n) is 15.1. The zero-order chi connectivity index (χ0) is 19.4. The lowest BCUT2D eigenvalue weighted by molar-refractivity contribution is -0.121. The smallest absolute Gasteiger partial charge is 0.253 e. The van der Waals surface area contributed by atoms with Gasteiger partial charge in [0.1, 0.15) is 5.82 Å². The molecular weight excluding hydrogens is 347 g/mol. The number of likely N-dealkylation sites (tertiary alicyclic amines) is 1. The molecule has 140 valence electrons. The van der Waals surface area contributed by atoms with Crippen LogP contribution < -0.4 is 5.32 Å². The van der Waals surface area contributed by atoms with Crippen molar-refractivity contribution in [2.45, 2.75) is 19.8 Å². The summed E-state index contributed by atoms with van der Waals surface area (Å²) < 4.78 is 13.0. The summed E-state index contributed by atoms with van der Waals surface area (Å²) in [6.07, 6.45) is 1.09. The van der Waals surface area contributed by atoms with E-state index in [-0.39, 0.29) is 29.3 Å². The van der Waals surface area contributed by atoms with Crippen LogP contribution in [0.4, 0.5) is 10.1 Å². The normalized spacial score (nSPS) is 14.7. The van der Waals surface area contributed by atoms with E-state index in [1.165, 1.54) is 31.2 Å². The van der Waals surface area contributed by atoms with Gasteiger partial charge >= 0.3 is 0 Å². The predicted octanol–water partition coefficient (Wildman–Crippen LogP) is 3.52. The molecule has 2 aromatic carbocycles. The molecule has 0 unspecified atom stereocenters. The minimum Gasteiger partial charge on any atom is -0.339 e. The molecule has 2 amide bonds. The predicted molar refractivity (Wildman–Crippen MR) is 100 cm³/mol. The average Bonchev–Trinajstić information content (AvgIpc) is 2.68. The van der Waals surface area contributed by atoms with Gasteiger partial charge in [-0.1, -0.05) is 12.1 Å². The van der Waals surface area contributed by atoms with Gasteiger partial charge in [0, 0.05) is 30.1 Å². The Labute approximate surface area is 157 Å². The van der Waals surface area contributed by atoms with Gasteiger partial charge in [0.25, 0.3) is 5.91 Å². The number of ketones is 1. The van der Waals surface area contributed by atoms with E-state index in [0.717, 1.165) is 0 Å². The van der Waals surface area contributed by atoms with E-state index in [0.29, 0.717) is 42.7 Å². The number of nitrogens with one attached hydrogen (secondary N) is 1. The molecule has 0 atom stereocenters. The van der Waals surface area contributed by atoms with Crippen LogP contribution >= 0.6 is 0 Å². The van der Waals surface area contributed by atoms with Crippen LogP contribution in [0.15, 0.2) is 48.5 Å². The highest BCUT2D eigenvalue weighted by Crippen LogP contribution is 2.23. The average molecular weight is 368 g/mol. The first kappa shape index (κ1) is 18.8. The Morgan fingerprint density at radius 1 is 1.00 bits per heavy atom. The molecule has 6 heteroatoms. The molecule has 0 saturated carbocycles. The molecule has 3 rings (SSSR count). The summed E-state index contributed by atoms with van der Waals surface area (Å²) in [5, 5.41) is 2.84. The maximum absolute atomic E-state index is 13.0. The molecule has 1 N–H and O–H groups in total. The second-order valence-corrected chi connectivity index (χ2v) is 6.66. The number of para-hydroxylation sites is 1. The third-order valence-electron chi connectivity index (χ3n) is 4.81. The number of rotatable bonds is 4. The zero-order valence-corrected chi connectivity index (χ0v) is 15.1. The van der Waals surface area contributed by atoms with Gasteiger partial charge in [-0.25, -0.2) is 4.39 Å². The molecule has 5 nitrogen and oxygen atoms in total. The fraction of sp³-hybridized carbons (Fsp3) is 0.286. The minimum atomic E-state index is -0.382. The molecule has 0 spiro atoms. The Morgan fingerprint density at radius 3 is 2.26 bits per heavy atom. The highest BCUT2D eigenvalue weighted by Gasteiger charge is 2.28. The Kier molecular flexibility index (Phi) is 5.64. The summed E-state index contributed by atoms with van der Waals surface area (Å²) >= 11 is 0. The number of piperidine rings is 1. The third kappa shape index (κ3) is 4.39. The van der Waals surface area contributed by atoms with Crippen molar-refractivity contribution in [3.63, 3.8) is 0 Å². The number of carbonyl (C=O) groups is 3. The fourth-order valence-corrected chi connectivity index (χ4v) is 3.25. The number of amides is 2. The molecule has 1 saturated heterocycles. The van der Waals surface area contributed by atoms with E-state index >= 15 is 0 Å². The summed E-state index contributed by atoms with van der Waals surface area (Å²) in [7, 11) is 0. The van der Waals surface area contributed by atoms with Gasteiger partial charge in [0.05, 0.1) is 5.69 Å². The van der Waals surface area contributed by atoms with Gasteiger partial charge in [-0.05, 0) is 56.2 Å². The Hall–Kier alpha value is -3.02. The number of nitrogens with zero attached hydrogens (tertiary/aromatic N) is 1. The van der Waals surface area contributed by atoms with Crippen molar-refractivity contribution >= 4 is 23.3 Å². The van der Waals surface area contributed by atoms with E-state index in [1.807, 2.05) is 0 Å². The lowest BCUT2D eigenvalue weighted by Crippen LogP contribution is -2.41. The van der Waals surface area contributed by atoms with Crippen LogP contribution in [0.2, 0.25) is 0 Å². The molecule has 1 aliphatic rings. The highest BCUT2D eigenvalue weighted by atomic mass is 19.1. The molecule has 27 heavy (non-hydrogen) atoms. The molecule has 0 bridgehead atoms. The van der Waals surface area contributed by atoms with Gasteiger partial charge in [-0.3, -0.25) is 14.4 Å². The number of benzene rings is 2. The monoisotopic (exact) mass is 368 g/mol. The van der Waals surface area contributed by atoms with Gasteiger partial charge in [-0.2, -0.15) is 0 Å². The van der Waals surface area contributed by atoms with Gasteiger partial charge in [0.15, 0.2) is 5.78 Å². The van der Waals surface area contributed by atoms with Gasteiger partial charge in [0.2, 0.25) is 5.91 Å². The van der Waals surface area contributed by atoms with Crippen molar-refractivity contribution in [2.75, 3.05) is 18.4 Å². The van der Waals surface area contributed by atoms with Crippen LogP contribution in [0.3, 0.4) is 0 Å². The highest BCUT2D eigenvalue weighted by molar-refractivity contribution is 6.04. The van der Waals surface area contributed by atoms with Crippen molar-refractivity contribution in [3.05, 3.63) is 65.5 Å². The van der Waals surface area contributed by atoms with Gasteiger partial charge in [-0.15, -0.1) is 0 Å². The summed E-state index contributed by atoms with van der Waals surface area (Å²) in [4.78, 5) is 38.4. The van der Waals surface area contributed by atoms with E-state index in [2.05, 4.69) is 5.32 Å². The minimum absolute atomic E-state index is 0.106. The second kappa shape index (κ2) is 8.12. The van der Waals surface area contributed by atoms with E-state index in [4.69, 9.17) is 0 Å². The molecule has 0 radical (unpaired) electrons. The van der Waals surface area contributed by atoms with Crippen molar-refractivity contribution in [1.82, 2.24) is 4.90 Å². The van der Waals surface area contributed by atoms with E-state index in [9.17, 15) is 18.8 Å². The standard InChI is InChI=1S/C21H21FN2O3/c1-14(25)18-4-2-3-5-19(18)23-20(26)15-10-12-24(13-11-15)21(27)16-6-8-17(22)9-7-16/h2-9,15H,10-13H2,1H3,(H,23,26). The van der Waals surface area contributed by atoms with Gasteiger partial charge < -0.3 is 10.2 Å². The topological polar surface area (TPSA) is 66.5 Å². The molecule has 0 aromatic heterocycles. The van der Waals surface area contributed by atoms with E-state index < -0.39 is 0 Å². The lowest BCUT2D eigenvalue weighted by Gasteiger charge is -2.31. The maximum atomic E-state index is 13.0. The maximum Gasteiger partial charge on any atom is 0.253 e. The first-order chi connectivity index (χ1) is 13.0. The van der Waals surface area contributed by atoms with Crippen LogP contribution in [-0.2, 0) is 4.79 Å². The summed E-state index contributed by atoms with van der Waals surface area (Å²) in [5.74, 6) is -1.01. The molecule has 2 aromatic rings. The first-order valence-corrected chi connectivity index (χ1v) is 8.91. The molecule has 1 heterocycles. The Bertz CT molecular complexity index is 856. The molecule has 0 aliphatic carbocycles. The molecule has 1 fully saturated rings. The fourth-order valence-electron chi connectivity index (χ4n) is 3.25. The Morgan fingerprint density at radius 2 is 1.63 bits per heavy atom. The molecular formula is C21H21FN2O3. The van der Waals surface area contributed by atoms with E-state index in [1.54, 1.807) is 29.2 Å². The van der Waals surface area contributed by atoms with Crippen LogP contribution in [0.1, 0.15) is 40.5 Å². The quantitative estimate of drug-likeness (QED) is 0.840. The van der Waals surface area contributed by atoms with Crippen LogP contribution in [-0.4, -0.2) is 35.6 Å². The summed E-state index contributed by atoms with van der Waals surface area (Å²) in [6.45, 7) is 2.38. The van der Waals surface area contributed by atoms with Crippen LogP contribution in [0.25, 0.3) is 0 Å². The number of hydrogen-bond acceptors (Lipinski definition) is 3. The van der Waals surface area contributed by atoms with Crippen LogP contribution in [0, 0.1) is 11.7 Å². The number of carbonyl (C=O) groups excluding carboxylic acids is 3. The molecule has 1 aliphatic heterocycles. The lowest BCUT2D eigenvalue weighted by atomic mass is 9.95. The largest absolute Gasteiger partial charge is 0.339 e. The first-order valence-electron chi connectivity index (χ1n) is 8.91. The summed E-state index contributed by atoms with van der Waals surface area (Å²) in [6, 6.07) is 12.4. The SMILES string of the molecule is CC(=O)c1ccccc1NC(=O)C1CCN(C(=O)c2ccc(F)cc2)CC1. The summed E-state index contributed by atoms with van der Waals surface area (Å²) in [5.41, 5.74) is 1.43.